The number of piperidine rings is 1. The molecule has 2 atom stereocenters. The molecule has 0 saturated carbocycles. The maximum Gasteiger partial charge on any atom is 0.433 e. The number of hydrogen-bond donors (Lipinski definition) is 4. The molecule has 0 spiro atoms. The summed E-state index contributed by atoms with van der Waals surface area (Å²) in [5.41, 5.74) is 2.52. The summed E-state index contributed by atoms with van der Waals surface area (Å²) < 4.78 is 41.1. The van der Waals surface area contributed by atoms with E-state index < -0.39 is 17.9 Å². The Morgan fingerprint density at radius 2 is 1.81 bits per heavy atom. The summed E-state index contributed by atoms with van der Waals surface area (Å²) in [5.74, 6) is 0.362. The Morgan fingerprint density at radius 1 is 1.02 bits per heavy atom. The molecule has 0 radical (unpaired) electrons. The highest BCUT2D eigenvalue weighted by Gasteiger charge is 2.34. The Kier molecular flexibility index (Phi) is 8.48. The number of aromatic nitrogens is 6. The number of rotatable bonds is 8. The first-order chi connectivity index (χ1) is 20.5. The van der Waals surface area contributed by atoms with Gasteiger partial charge in [-0.1, -0.05) is 6.07 Å². The van der Waals surface area contributed by atoms with Crippen LogP contribution in [0.5, 0.6) is 0 Å². The number of hydrogen-bond acceptors (Lipinski definition) is 10. The zero-order valence-electron chi connectivity index (χ0n) is 23.7. The van der Waals surface area contributed by atoms with E-state index in [0.717, 1.165) is 22.9 Å². The van der Waals surface area contributed by atoms with Crippen LogP contribution in [0, 0.1) is 13.8 Å². The minimum absolute atomic E-state index is 0.0599. The number of alkyl halides is 3. The van der Waals surface area contributed by atoms with Gasteiger partial charge in [0.1, 0.15) is 29.1 Å². The van der Waals surface area contributed by atoms with Crippen LogP contribution in [0.1, 0.15) is 36.7 Å². The van der Waals surface area contributed by atoms with E-state index in [2.05, 4.69) is 45.9 Å². The smallest absolute Gasteiger partial charge is 0.394 e. The summed E-state index contributed by atoms with van der Waals surface area (Å²) in [6, 6.07) is 6.68. The molecule has 1 aliphatic rings. The average molecular weight is 594 g/mol. The van der Waals surface area contributed by atoms with E-state index in [0.29, 0.717) is 42.3 Å². The highest BCUT2D eigenvalue weighted by Crippen LogP contribution is 2.32. The molecule has 4 aromatic rings. The fourth-order valence-corrected chi connectivity index (χ4v) is 4.46. The Bertz CT molecular complexity index is 1630. The van der Waals surface area contributed by atoms with Gasteiger partial charge in [-0.25, -0.2) is 19.9 Å². The van der Waals surface area contributed by atoms with Crippen LogP contribution in [0.15, 0.2) is 42.7 Å². The van der Waals surface area contributed by atoms with Crippen LogP contribution in [-0.2, 0) is 11.0 Å². The van der Waals surface area contributed by atoms with Crippen molar-refractivity contribution in [2.45, 2.75) is 51.9 Å². The Balaban J connectivity index is 1.44. The first-order valence-electron chi connectivity index (χ1n) is 13.7. The second-order valence-corrected chi connectivity index (χ2v) is 10.3. The number of halogens is 3. The predicted octanol–water partition coefficient (Wildman–Crippen LogP) is 4.18. The largest absolute Gasteiger partial charge is 0.433 e. The lowest BCUT2D eigenvalue weighted by Crippen LogP contribution is -2.44. The molecule has 4 N–H and O–H groups in total. The molecule has 0 aromatic carbocycles. The molecule has 1 aliphatic heterocycles. The normalized spacial score (nSPS) is 16.0. The van der Waals surface area contributed by atoms with E-state index in [4.69, 9.17) is 0 Å². The molecule has 5 heterocycles. The van der Waals surface area contributed by atoms with E-state index in [-0.39, 0.29) is 35.9 Å². The van der Waals surface area contributed by atoms with Gasteiger partial charge in [-0.05, 0) is 57.4 Å². The lowest BCUT2D eigenvalue weighted by atomic mass is 10.1. The number of carbonyl (C=O) groups excluding carboxylic acids is 1. The average Bonchev–Trinajstić information content (AvgIpc) is 3.00. The van der Waals surface area contributed by atoms with Gasteiger partial charge in [0.05, 0.1) is 6.61 Å². The molecule has 1 amide bonds. The van der Waals surface area contributed by atoms with Crippen LogP contribution in [0.3, 0.4) is 0 Å². The second-order valence-electron chi connectivity index (χ2n) is 10.3. The molecular weight excluding hydrogens is 563 g/mol. The van der Waals surface area contributed by atoms with Crippen LogP contribution < -0.4 is 16.0 Å². The van der Waals surface area contributed by atoms with Crippen molar-refractivity contribution in [2.75, 3.05) is 23.8 Å². The zero-order chi connectivity index (χ0) is 30.7. The van der Waals surface area contributed by atoms with Gasteiger partial charge in [-0.2, -0.15) is 13.2 Å². The highest BCUT2D eigenvalue weighted by molar-refractivity contribution is 5.85. The number of aryl methyl sites for hydroxylation is 1. The van der Waals surface area contributed by atoms with Crippen molar-refractivity contribution in [3.8, 4) is 34.2 Å². The van der Waals surface area contributed by atoms with Crippen LogP contribution in [-0.4, -0.2) is 66.2 Å². The van der Waals surface area contributed by atoms with E-state index in [9.17, 15) is 23.1 Å². The highest BCUT2D eigenvalue weighted by atomic mass is 19.4. The number of amides is 1. The zero-order valence-corrected chi connectivity index (χ0v) is 23.7. The maximum absolute atomic E-state index is 13.7. The third-order valence-corrected chi connectivity index (χ3v) is 6.99. The third kappa shape index (κ3) is 6.85. The SMILES string of the molecule is Cc1nc(-c2cc(-c3ccc(-c4nc(NC5CCCNC5=O)cc(C(F)(F)F)n4)nc3)ccn2)nc(NC(C)CO)c1C. The minimum Gasteiger partial charge on any atom is -0.394 e. The van der Waals surface area contributed by atoms with Crippen molar-refractivity contribution >= 4 is 17.5 Å². The van der Waals surface area contributed by atoms with Crippen molar-refractivity contribution in [3.63, 3.8) is 0 Å². The van der Waals surface area contributed by atoms with E-state index in [1.807, 2.05) is 20.8 Å². The molecule has 4 aromatic heterocycles. The van der Waals surface area contributed by atoms with Gasteiger partial charge in [-0.15, -0.1) is 0 Å². The number of nitrogens with one attached hydrogen (secondary N) is 3. The molecule has 2 unspecified atom stereocenters. The van der Waals surface area contributed by atoms with E-state index in [1.165, 1.54) is 12.3 Å². The molecule has 1 fully saturated rings. The third-order valence-electron chi connectivity index (χ3n) is 6.99. The quantitative estimate of drug-likeness (QED) is 0.234. The molecule has 43 heavy (non-hydrogen) atoms. The van der Waals surface area contributed by atoms with E-state index in [1.54, 1.807) is 24.4 Å². The molecular formula is C29H30F3N9O2. The summed E-state index contributed by atoms with van der Waals surface area (Å²) in [6.07, 6.45) is -0.435. The van der Waals surface area contributed by atoms with Crippen molar-refractivity contribution < 1.29 is 23.1 Å². The summed E-state index contributed by atoms with van der Waals surface area (Å²) in [7, 11) is 0. The second kappa shape index (κ2) is 12.3. The Hall–Kier alpha value is -4.72. The van der Waals surface area contributed by atoms with Gasteiger partial charge in [0.15, 0.2) is 17.3 Å². The summed E-state index contributed by atoms with van der Waals surface area (Å²) in [5, 5.41) is 18.1. The fraction of sp³-hybridized carbons (Fsp3) is 0.345. The summed E-state index contributed by atoms with van der Waals surface area (Å²) in [6.45, 7) is 6.05. The maximum atomic E-state index is 13.7. The van der Waals surface area contributed by atoms with Crippen LogP contribution in [0.2, 0.25) is 0 Å². The molecule has 0 bridgehead atoms. The van der Waals surface area contributed by atoms with Gasteiger partial charge >= 0.3 is 6.18 Å². The number of aliphatic hydroxyl groups excluding tert-OH is 1. The van der Waals surface area contributed by atoms with Crippen molar-refractivity contribution in [3.05, 3.63) is 59.7 Å². The van der Waals surface area contributed by atoms with Crippen molar-refractivity contribution in [2.24, 2.45) is 0 Å². The summed E-state index contributed by atoms with van der Waals surface area (Å²) in [4.78, 5) is 38.1. The molecule has 5 rings (SSSR count). The van der Waals surface area contributed by atoms with Crippen molar-refractivity contribution in [1.82, 2.24) is 35.2 Å². The molecule has 14 heteroatoms. The Morgan fingerprint density at radius 3 is 2.51 bits per heavy atom. The van der Waals surface area contributed by atoms with E-state index >= 15 is 0 Å². The van der Waals surface area contributed by atoms with Gasteiger partial charge in [0.2, 0.25) is 5.91 Å². The lowest BCUT2D eigenvalue weighted by molar-refractivity contribution is -0.141. The number of anilines is 2. The van der Waals surface area contributed by atoms with Gasteiger partial charge in [0, 0.05) is 47.9 Å². The topological polar surface area (TPSA) is 151 Å². The van der Waals surface area contributed by atoms with Gasteiger partial charge < -0.3 is 21.1 Å². The van der Waals surface area contributed by atoms with Gasteiger partial charge in [0.25, 0.3) is 0 Å². The van der Waals surface area contributed by atoms with Gasteiger partial charge in [-0.3, -0.25) is 14.8 Å². The monoisotopic (exact) mass is 593 g/mol. The molecule has 0 aliphatic carbocycles. The molecule has 224 valence electrons. The Labute approximate surface area is 245 Å². The number of pyridine rings is 2. The predicted molar refractivity (Wildman–Crippen MR) is 154 cm³/mol. The standard InChI is InChI=1S/C29H30F3N9O2/c1-15(14-42)36-25-16(2)17(3)37-27(41-25)22-11-18(8-10-33-22)19-6-7-20(35-13-19)26-39-23(29(30,31)32)12-24(40-26)38-21-5-4-9-34-28(21)43/h6-8,10-13,15,21,42H,4-5,9,14H2,1-3H3,(H,34,43)(H,36,37,41)(H,38,39,40). The van der Waals surface area contributed by atoms with Crippen LogP contribution in [0.25, 0.3) is 34.2 Å². The number of aliphatic hydroxyl groups is 1. The first kappa shape index (κ1) is 29.8. The molecule has 11 nitrogen and oxygen atoms in total. The fourth-order valence-electron chi connectivity index (χ4n) is 4.46. The van der Waals surface area contributed by atoms with Crippen LogP contribution in [0.4, 0.5) is 24.8 Å². The first-order valence-corrected chi connectivity index (χ1v) is 13.7. The number of nitrogens with zero attached hydrogens (tertiary/aromatic N) is 6. The lowest BCUT2D eigenvalue weighted by Gasteiger charge is -2.23. The minimum atomic E-state index is -4.72. The number of carbonyl (C=O) groups is 1. The van der Waals surface area contributed by atoms with Crippen LogP contribution >= 0.6 is 0 Å². The molecule has 1 saturated heterocycles. The van der Waals surface area contributed by atoms with Crippen molar-refractivity contribution in [1.29, 1.82) is 0 Å². The summed E-state index contributed by atoms with van der Waals surface area (Å²) >= 11 is 0.